The minimum atomic E-state index is -0.0722. The zero-order valence-electron chi connectivity index (χ0n) is 18.9. The largest absolute Gasteiger partial charge is 0.475 e. The molecule has 0 saturated carbocycles. The molecule has 0 bridgehead atoms. The van der Waals surface area contributed by atoms with Gasteiger partial charge < -0.3 is 4.74 Å². The molecule has 0 aromatic carbocycles. The van der Waals surface area contributed by atoms with Crippen LogP contribution in [-0.2, 0) is 4.74 Å². The van der Waals surface area contributed by atoms with Crippen molar-refractivity contribution in [2.24, 2.45) is 0 Å². The lowest BCUT2D eigenvalue weighted by Gasteiger charge is -2.10. The maximum absolute atomic E-state index is 8.09. The molecule has 0 fully saturated rings. The van der Waals surface area contributed by atoms with E-state index in [2.05, 4.69) is 23.9 Å². The van der Waals surface area contributed by atoms with E-state index in [1.54, 1.807) is 10.6 Å². The fourth-order valence-electron chi connectivity index (χ4n) is 3.46. The van der Waals surface area contributed by atoms with Gasteiger partial charge in [0.25, 0.3) is 0 Å². The van der Waals surface area contributed by atoms with E-state index in [1.165, 1.54) is 6.33 Å². The molecular formula is C24H27N7O. The SMILES string of the molecule is Cc1cccc(-c2nn(C(C)C)cc2-c2ccc3ncnn3c2/C=C/C(=N)OC(C)C)n1. The molecule has 32 heavy (non-hydrogen) atoms. The first-order chi connectivity index (χ1) is 15.3. The fraction of sp³-hybridized carbons (Fsp3) is 0.292. The first-order valence-electron chi connectivity index (χ1n) is 10.6. The van der Waals surface area contributed by atoms with Crippen LogP contribution in [0.15, 0.2) is 48.9 Å². The highest BCUT2D eigenvalue weighted by Gasteiger charge is 2.19. The van der Waals surface area contributed by atoms with Crippen LogP contribution in [0.4, 0.5) is 0 Å². The molecule has 4 rings (SSSR count). The van der Waals surface area contributed by atoms with E-state index in [9.17, 15) is 0 Å². The van der Waals surface area contributed by atoms with Gasteiger partial charge in [-0.1, -0.05) is 6.07 Å². The third-order valence-corrected chi connectivity index (χ3v) is 4.91. The number of aryl methyl sites for hydroxylation is 1. The van der Waals surface area contributed by atoms with Crippen molar-refractivity contribution in [2.45, 2.75) is 46.8 Å². The van der Waals surface area contributed by atoms with E-state index < -0.39 is 0 Å². The van der Waals surface area contributed by atoms with Crippen molar-refractivity contribution < 1.29 is 4.74 Å². The number of pyridine rings is 2. The highest BCUT2D eigenvalue weighted by atomic mass is 16.5. The summed E-state index contributed by atoms with van der Waals surface area (Å²) in [6, 6.07) is 10.1. The van der Waals surface area contributed by atoms with Gasteiger partial charge in [0.2, 0.25) is 5.90 Å². The summed E-state index contributed by atoms with van der Waals surface area (Å²) in [6.07, 6.45) is 6.96. The maximum atomic E-state index is 8.09. The Labute approximate surface area is 187 Å². The van der Waals surface area contributed by atoms with Crippen molar-refractivity contribution in [1.82, 2.24) is 29.4 Å². The summed E-state index contributed by atoms with van der Waals surface area (Å²) in [5.74, 6) is 0.0847. The second kappa shape index (κ2) is 8.74. The summed E-state index contributed by atoms with van der Waals surface area (Å²) in [5, 5.41) is 17.4. The Morgan fingerprint density at radius 2 is 1.91 bits per heavy atom. The van der Waals surface area contributed by atoms with Crippen LogP contribution in [0, 0.1) is 12.3 Å². The van der Waals surface area contributed by atoms with Crippen molar-refractivity contribution in [3.8, 4) is 22.5 Å². The number of ether oxygens (including phenoxy) is 1. The standard InChI is InChI=1S/C24H27N7O/c1-15(2)30-13-19(24(29-30)20-8-6-7-17(5)28-20)18-9-12-23-26-14-27-31(23)21(18)10-11-22(25)32-16(3)4/h6-16,25H,1-5H3/b11-10+,25-22?. The Morgan fingerprint density at radius 3 is 2.62 bits per heavy atom. The number of nitrogens with one attached hydrogen (secondary N) is 1. The van der Waals surface area contributed by atoms with Crippen molar-refractivity contribution in [2.75, 3.05) is 0 Å². The van der Waals surface area contributed by atoms with Gasteiger partial charge in [-0.15, -0.1) is 0 Å². The van der Waals surface area contributed by atoms with Gasteiger partial charge in [0, 0.05) is 35.1 Å². The number of aromatic nitrogens is 6. The second-order valence-electron chi connectivity index (χ2n) is 8.16. The molecule has 0 aliphatic heterocycles. The third kappa shape index (κ3) is 4.30. The molecular weight excluding hydrogens is 402 g/mol. The summed E-state index contributed by atoms with van der Waals surface area (Å²) in [5.41, 5.74) is 5.89. The summed E-state index contributed by atoms with van der Waals surface area (Å²) in [4.78, 5) is 9.02. The number of hydrogen-bond acceptors (Lipinski definition) is 6. The lowest BCUT2D eigenvalue weighted by Crippen LogP contribution is -2.08. The molecule has 0 aliphatic rings. The second-order valence-corrected chi connectivity index (χ2v) is 8.16. The summed E-state index contributed by atoms with van der Waals surface area (Å²) in [6.45, 7) is 9.95. The Kier molecular flexibility index (Phi) is 5.85. The number of fused-ring (bicyclic) bond motifs is 1. The smallest absolute Gasteiger partial charge is 0.205 e. The van der Waals surface area contributed by atoms with Gasteiger partial charge in [0.15, 0.2) is 5.65 Å². The van der Waals surface area contributed by atoms with Gasteiger partial charge in [0.05, 0.1) is 17.5 Å². The molecule has 4 aromatic rings. The predicted molar refractivity (Wildman–Crippen MR) is 126 cm³/mol. The first-order valence-corrected chi connectivity index (χ1v) is 10.6. The Balaban J connectivity index is 1.92. The molecule has 0 radical (unpaired) electrons. The molecule has 0 atom stereocenters. The zero-order chi connectivity index (χ0) is 22.8. The predicted octanol–water partition coefficient (Wildman–Crippen LogP) is 4.96. The maximum Gasteiger partial charge on any atom is 0.205 e. The van der Waals surface area contributed by atoms with Gasteiger partial charge in [-0.25, -0.2) is 9.50 Å². The average molecular weight is 430 g/mol. The molecule has 4 heterocycles. The van der Waals surface area contributed by atoms with Gasteiger partial charge in [-0.05, 0) is 65.0 Å². The summed E-state index contributed by atoms with van der Waals surface area (Å²) < 4.78 is 9.18. The molecule has 0 unspecified atom stereocenters. The Morgan fingerprint density at radius 1 is 1.09 bits per heavy atom. The number of hydrogen-bond donors (Lipinski definition) is 1. The Bertz CT molecular complexity index is 1300. The molecule has 0 saturated heterocycles. The lowest BCUT2D eigenvalue weighted by molar-refractivity contribution is 0.229. The molecule has 1 N–H and O–H groups in total. The molecule has 0 spiro atoms. The molecule has 8 nitrogen and oxygen atoms in total. The lowest BCUT2D eigenvalue weighted by atomic mass is 10.0. The molecule has 4 aromatic heterocycles. The van der Waals surface area contributed by atoms with Gasteiger partial charge in [-0.2, -0.15) is 10.2 Å². The van der Waals surface area contributed by atoms with Crippen LogP contribution in [0.2, 0.25) is 0 Å². The average Bonchev–Trinajstić information content (AvgIpc) is 3.38. The normalized spacial score (nSPS) is 11.8. The minimum absolute atomic E-state index is 0.0722. The molecule has 0 aliphatic carbocycles. The zero-order valence-corrected chi connectivity index (χ0v) is 18.9. The van der Waals surface area contributed by atoms with Crippen LogP contribution < -0.4 is 0 Å². The van der Waals surface area contributed by atoms with Crippen LogP contribution in [0.5, 0.6) is 0 Å². The van der Waals surface area contributed by atoms with E-state index >= 15 is 0 Å². The fourth-order valence-corrected chi connectivity index (χ4v) is 3.46. The molecule has 0 amide bonds. The summed E-state index contributed by atoms with van der Waals surface area (Å²) in [7, 11) is 0. The van der Waals surface area contributed by atoms with Crippen molar-refractivity contribution >= 4 is 17.6 Å². The summed E-state index contributed by atoms with van der Waals surface area (Å²) >= 11 is 0. The van der Waals surface area contributed by atoms with Crippen LogP contribution in [-0.4, -0.2) is 41.4 Å². The van der Waals surface area contributed by atoms with E-state index in [1.807, 2.05) is 68.1 Å². The van der Waals surface area contributed by atoms with Crippen molar-refractivity contribution in [3.05, 3.63) is 60.3 Å². The minimum Gasteiger partial charge on any atom is -0.475 e. The van der Waals surface area contributed by atoms with Crippen molar-refractivity contribution in [3.63, 3.8) is 0 Å². The van der Waals surface area contributed by atoms with Gasteiger partial charge in [-0.3, -0.25) is 15.1 Å². The van der Waals surface area contributed by atoms with E-state index in [4.69, 9.17) is 20.2 Å². The monoisotopic (exact) mass is 429 g/mol. The van der Waals surface area contributed by atoms with Gasteiger partial charge in [0.1, 0.15) is 12.0 Å². The first kappa shape index (κ1) is 21.4. The number of rotatable bonds is 6. The van der Waals surface area contributed by atoms with Crippen LogP contribution >= 0.6 is 0 Å². The Hall–Kier alpha value is -3.81. The van der Waals surface area contributed by atoms with Crippen LogP contribution in [0.3, 0.4) is 0 Å². The van der Waals surface area contributed by atoms with Gasteiger partial charge >= 0.3 is 0 Å². The third-order valence-electron chi connectivity index (χ3n) is 4.91. The van der Waals surface area contributed by atoms with E-state index in [0.29, 0.717) is 0 Å². The van der Waals surface area contributed by atoms with Crippen LogP contribution in [0.25, 0.3) is 34.2 Å². The van der Waals surface area contributed by atoms with E-state index in [-0.39, 0.29) is 18.0 Å². The quantitative estimate of drug-likeness (QED) is 0.345. The highest BCUT2D eigenvalue weighted by Crippen LogP contribution is 2.34. The molecule has 8 heteroatoms. The van der Waals surface area contributed by atoms with Crippen LogP contribution in [0.1, 0.15) is 45.1 Å². The highest BCUT2D eigenvalue weighted by molar-refractivity contribution is 5.92. The van der Waals surface area contributed by atoms with E-state index in [0.717, 1.165) is 39.5 Å². The molecule has 164 valence electrons. The number of nitrogens with zero attached hydrogens (tertiary/aromatic N) is 6. The topological polar surface area (TPSA) is 94.0 Å². The van der Waals surface area contributed by atoms with Crippen molar-refractivity contribution in [1.29, 1.82) is 5.41 Å².